The molecule has 8 nitrogen and oxygen atoms in total. The lowest BCUT2D eigenvalue weighted by molar-refractivity contribution is 0.0268. The van der Waals surface area contributed by atoms with Gasteiger partial charge in [-0.1, -0.05) is 12.1 Å². The van der Waals surface area contributed by atoms with Gasteiger partial charge in [0.25, 0.3) is 0 Å². The SMILES string of the molecule is COc1ccc(CCNC(=NCc2nnc(C)n2C)NCC(C)(C)OC)cc1.I. The number of nitrogens with zero attached hydrogens (tertiary/aromatic N) is 4. The molecular formula is C20H33IN6O2. The van der Waals surface area contributed by atoms with Crippen molar-refractivity contribution < 1.29 is 9.47 Å². The van der Waals surface area contributed by atoms with Crippen LogP contribution < -0.4 is 15.4 Å². The minimum Gasteiger partial charge on any atom is -0.497 e. The van der Waals surface area contributed by atoms with Gasteiger partial charge < -0.3 is 24.7 Å². The maximum Gasteiger partial charge on any atom is 0.191 e. The molecule has 0 aliphatic heterocycles. The van der Waals surface area contributed by atoms with Gasteiger partial charge in [0.15, 0.2) is 11.8 Å². The number of nitrogens with one attached hydrogen (secondary N) is 2. The molecule has 2 aromatic rings. The summed E-state index contributed by atoms with van der Waals surface area (Å²) in [6.45, 7) is 7.82. The summed E-state index contributed by atoms with van der Waals surface area (Å²) in [6, 6.07) is 8.09. The molecule has 2 N–H and O–H groups in total. The van der Waals surface area contributed by atoms with Crippen molar-refractivity contribution in [3.63, 3.8) is 0 Å². The Balaban J connectivity index is 0.00000420. The molecule has 0 aliphatic rings. The van der Waals surface area contributed by atoms with Gasteiger partial charge in [0.05, 0.1) is 12.7 Å². The van der Waals surface area contributed by atoms with E-state index in [4.69, 9.17) is 9.47 Å². The van der Waals surface area contributed by atoms with Crippen molar-refractivity contribution in [2.45, 2.75) is 39.3 Å². The van der Waals surface area contributed by atoms with Gasteiger partial charge in [0.1, 0.15) is 18.1 Å². The van der Waals surface area contributed by atoms with Gasteiger partial charge in [-0.05, 0) is 44.9 Å². The maximum absolute atomic E-state index is 5.49. The number of hydrogen-bond acceptors (Lipinski definition) is 5. The first-order valence-electron chi connectivity index (χ1n) is 9.40. The van der Waals surface area contributed by atoms with E-state index in [1.54, 1.807) is 14.2 Å². The summed E-state index contributed by atoms with van der Waals surface area (Å²) in [5, 5.41) is 15.0. The molecular weight excluding hydrogens is 483 g/mol. The number of guanidine groups is 1. The Labute approximate surface area is 190 Å². The van der Waals surface area contributed by atoms with Crippen LogP contribution in [0.5, 0.6) is 5.75 Å². The average molecular weight is 516 g/mol. The molecule has 0 unspecified atom stereocenters. The van der Waals surface area contributed by atoms with Crippen molar-refractivity contribution in [2.75, 3.05) is 27.3 Å². The predicted octanol–water partition coefficient (Wildman–Crippen LogP) is 2.45. The van der Waals surface area contributed by atoms with Crippen LogP contribution in [0, 0.1) is 6.92 Å². The van der Waals surface area contributed by atoms with E-state index in [-0.39, 0.29) is 29.6 Å². The van der Waals surface area contributed by atoms with E-state index >= 15 is 0 Å². The van der Waals surface area contributed by atoms with E-state index in [2.05, 4.69) is 38.0 Å². The van der Waals surface area contributed by atoms with Crippen LogP contribution in [0.1, 0.15) is 31.1 Å². The molecule has 29 heavy (non-hydrogen) atoms. The molecule has 1 aromatic heterocycles. The predicted molar refractivity (Wildman–Crippen MR) is 126 cm³/mol. The van der Waals surface area contributed by atoms with E-state index in [0.717, 1.165) is 36.3 Å². The van der Waals surface area contributed by atoms with Gasteiger partial charge in [0, 0.05) is 27.2 Å². The molecule has 1 heterocycles. The monoisotopic (exact) mass is 516 g/mol. The lowest BCUT2D eigenvalue weighted by Gasteiger charge is -2.24. The van der Waals surface area contributed by atoms with Crippen LogP contribution in [-0.4, -0.2) is 53.6 Å². The molecule has 0 bridgehead atoms. The number of aliphatic imine (C=N–C) groups is 1. The fraction of sp³-hybridized carbons (Fsp3) is 0.550. The van der Waals surface area contributed by atoms with Crippen LogP contribution in [0.4, 0.5) is 0 Å². The zero-order valence-corrected chi connectivity index (χ0v) is 20.5. The third-order valence-corrected chi connectivity index (χ3v) is 4.66. The largest absolute Gasteiger partial charge is 0.497 e. The van der Waals surface area contributed by atoms with Crippen molar-refractivity contribution >= 4 is 29.9 Å². The first kappa shape index (κ1) is 25.2. The Bertz CT molecular complexity index is 774. The van der Waals surface area contributed by atoms with E-state index in [1.807, 2.05) is 44.5 Å². The number of halogens is 1. The molecule has 0 atom stereocenters. The summed E-state index contributed by atoms with van der Waals surface area (Å²) in [6.07, 6.45) is 0.876. The third-order valence-electron chi connectivity index (χ3n) is 4.66. The summed E-state index contributed by atoms with van der Waals surface area (Å²) in [5.41, 5.74) is 0.939. The fourth-order valence-electron chi connectivity index (χ4n) is 2.40. The van der Waals surface area contributed by atoms with Gasteiger partial charge >= 0.3 is 0 Å². The molecule has 1 aromatic carbocycles. The fourth-order valence-corrected chi connectivity index (χ4v) is 2.40. The molecule has 9 heteroatoms. The van der Waals surface area contributed by atoms with Crippen LogP contribution in [0.3, 0.4) is 0 Å². The maximum atomic E-state index is 5.49. The molecule has 2 rings (SSSR count). The third kappa shape index (κ3) is 8.17. The van der Waals surface area contributed by atoms with Crippen LogP contribution >= 0.6 is 24.0 Å². The highest BCUT2D eigenvalue weighted by Crippen LogP contribution is 2.11. The molecule has 0 aliphatic carbocycles. The number of aromatic nitrogens is 3. The number of rotatable bonds is 9. The highest BCUT2D eigenvalue weighted by molar-refractivity contribution is 14.0. The molecule has 0 amide bonds. The normalized spacial score (nSPS) is 11.7. The molecule has 0 radical (unpaired) electrons. The van der Waals surface area contributed by atoms with Crippen LogP contribution in [0.25, 0.3) is 0 Å². The van der Waals surface area contributed by atoms with Gasteiger partial charge in [-0.2, -0.15) is 0 Å². The second kappa shape index (κ2) is 12.0. The zero-order chi connectivity index (χ0) is 20.6. The summed E-state index contributed by atoms with van der Waals surface area (Å²) in [5.74, 6) is 3.27. The summed E-state index contributed by atoms with van der Waals surface area (Å²) in [7, 11) is 5.32. The highest BCUT2D eigenvalue weighted by atomic mass is 127. The number of benzene rings is 1. The minimum absolute atomic E-state index is 0. The molecule has 0 fully saturated rings. The quantitative estimate of drug-likeness (QED) is 0.303. The van der Waals surface area contributed by atoms with Gasteiger partial charge in [-0.3, -0.25) is 0 Å². The second-order valence-electron chi connectivity index (χ2n) is 7.23. The second-order valence-corrected chi connectivity index (χ2v) is 7.23. The van der Waals surface area contributed by atoms with Crippen molar-refractivity contribution in [2.24, 2.45) is 12.0 Å². The summed E-state index contributed by atoms with van der Waals surface area (Å²) in [4.78, 5) is 4.66. The smallest absolute Gasteiger partial charge is 0.191 e. The number of ether oxygens (including phenoxy) is 2. The van der Waals surface area contributed by atoms with Crippen LogP contribution in [0.2, 0.25) is 0 Å². The van der Waals surface area contributed by atoms with Crippen LogP contribution in [0.15, 0.2) is 29.3 Å². The van der Waals surface area contributed by atoms with Crippen molar-refractivity contribution in [3.05, 3.63) is 41.5 Å². The first-order chi connectivity index (χ1) is 13.3. The van der Waals surface area contributed by atoms with E-state index in [9.17, 15) is 0 Å². The molecule has 0 saturated heterocycles. The summed E-state index contributed by atoms with van der Waals surface area (Å²) >= 11 is 0. The van der Waals surface area contributed by atoms with E-state index in [1.165, 1.54) is 5.56 Å². The van der Waals surface area contributed by atoms with Gasteiger partial charge in [0.2, 0.25) is 0 Å². The zero-order valence-electron chi connectivity index (χ0n) is 18.2. The van der Waals surface area contributed by atoms with Crippen molar-refractivity contribution in [3.8, 4) is 5.75 Å². The lowest BCUT2D eigenvalue weighted by Crippen LogP contribution is -2.45. The summed E-state index contributed by atoms with van der Waals surface area (Å²) < 4.78 is 12.6. The Morgan fingerprint density at radius 3 is 2.38 bits per heavy atom. The van der Waals surface area contributed by atoms with Gasteiger partial charge in [-0.15, -0.1) is 34.2 Å². The molecule has 0 saturated carbocycles. The Hall–Kier alpha value is -1.88. The van der Waals surface area contributed by atoms with E-state index < -0.39 is 0 Å². The van der Waals surface area contributed by atoms with Crippen molar-refractivity contribution in [1.29, 1.82) is 0 Å². The minimum atomic E-state index is -0.292. The Morgan fingerprint density at radius 2 is 1.83 bits per heavy atom. The first-order valence-corrected chi connectivity index (χ1v) is 9.40. The molecule has 0 spiro atoms. The highest BCUT2D eigenvalue weighted by Gasteiger charge is 2.16. The Kier molecular flexibility index (Phi) is 10.4. The van der Waals surface area contributed by atoms with E-state index in [0.29, 0.717) is 13.1 Å². The molecule has 162 valence electrons. The lowest BCUT2D eigenvalue weighted by atomic mass is 10.1. The average Bonchev–Trinajstić information content (AvgIpc) is 3.02. The topological polar surface area (TPSA) is 85.6 Å². The Morgan fingerprint density at radius 1 is 1.14 bits per heavy atom. The number of hydrogen-bond donors (Lipinski definition) is 2. The number of aryl methyl sites for hydroxylation is 1. The standard InChI is InChI=1S/C20H32N6O2.HI/c1-15-24-25-18(26(15)4)13-22-19(23-14-20(2,3)28-6)21-12-11-16-7-9-17(27-5)10-8-16;/h7-10H,11-14H2,1-6H3,(H2,21,22,23);1H. The number of methoxy groups -OCH3 is 2. The van der Waals surface area contributed by atoms with Crippen molar-refractivity contribution in [1.82, 2.24) is 25.4 Å². The van der Waals surface area contributed by atoms with Crippen LogP contribution in [-0.2, 0) is 24.8 Å². The van der Waals surface area contributed by atoms with Gasteiger partial charge in [-0.25, -0.2) is 4.99 Å².